The molecule has 0 spiro atoms. The van der Waals surface area contributed by atoms with Gasteiger partial charge in [-0.3, -0.25) is 5.32 Å². The average Bonchev–Trinajstić information content (AvgIpc) is 3.02. The van der Waals surface area contributed by atoms with E-state index in [0.29, 0.717) is 11.3 Å². The van der Waals surface area contributed by atoms with Crippen LogP contribution < -0.4 is 5.32 Å². The molecule has 0 amide bonds. The van der Waals surface area contributed by atoms with Gasteiger partial charge in [-0.2, -0.15) is 17.0 Å². The van der Waals surface area contributed by atoms with Crippen molar-refractivity contribution in [2.24, 2.45) is 0 Å². The van der Waals surface area contributed by atoms with Crippen LogP contribution in [0, 0.1) is 11.3 Å². The molecule has 0 bridgehead atoms. The van der Waals surface area contributed by atoms with Gasteiger partial charge >= 0.3 is 0 Å². The maximum absolute atomic E-state index is 9.26. The topological polar surface area (TPSA) is 35.8 Å². The minimum atomic E-state index is -0.320. The molecule has 0 aromatic rings. The van der Waals surface area contributed by atoms with Gasteiger partial charge in [0.05, 0.1) is 6.07 Å². The summed E-state index contributed by atoms with van der Waals surface area (Å²) in [5.74, 6) is 1.22. The van der Waals surface area contributed by atoms with Crippen molar-refractivity contribution in [3.05, 3.63) is 0 Å². The number of nitrogens with zero attached hydrogens (tertiary/aromatic N) is 1. The zero-order valence-corrected chi connectivity index (χ0v) is 11.6. The highest BCUT2D eigenvalue weighted by Crippen LogP contribution is 2.27. The largest absolute Gasteiger partial charge is 0.297 e. The van der Waals surface area contributed by atoms with Gasteiger partial charge in [0.15, 0.2) is 0 Å². The van der Waals surface area contributed by atoms with Crippen LogP contribution in [0.15, 0.2) is 0 Å². The molecule has 2 unspecified atom stereocenters. The summed E-state index contributed by atoms with van der Waals surface area (Å²) in [6.45, 7) is 6.51. The third kappa shape index (κ3) is 5.23. The summed E-state index contributed by atoms with van der Waals surface area (Å²) in [4.78, 5) is 0. The van der Waals surface area contributed by atoms with E-state index in [9.17, 15) is 5.26 Å². The molecule has 0 radical (unpaired) electrons. The Kier molecular flexibility index (Phi) is 5.64. The fourth-order valence-electron chi connectivity index (χ4n) is 1.88. The zero-order valence-electron chi connectivity index (χ0n) is 10.8. The van der Waals surface area contributed by atoms with Crippen molar-refractivity contribution in [1.29, 1.82) is 5.26 Å². The van der Waals surface area contributed by atoms with Crippen LogP contribution in [-0.2, 0) is 0 Å². The predicted octanol–water partition coefficient (Wildman–Crippen LogP) is 3.33. The standard InChI is InChI=1S/C13H24N2S/c1-4-5-8-16-11(2)9-13(3,10-14)15-12-6-7-12/h11-12,15H,4-9H2,1-3H3. The lowest BCUT2D eigenvalue weighted by molar-refractivity contribution is 0.414. The first-order valence-electron chi connectivity index (χ1n) is 6.40. The fraction of sp³-hybridized carbons (Fsp3) is 0.923. The van der Waals surface area contributed by atoms with Crippen molar-refractivity contribution in [3.63, 3.8) is 0 Å². The first-order valence-corrected chi connectivity index (χ1v) is 7.45. The van der Waals surface area contributed by atoms with Gasteiger partial charge < -0.3 is 0 Å². The Hall–Kier alpha value is -0.200. The molecular formula is C13H24N2S. The summed E-state index contributed by atoms with van der Waals surface area (Å²) in [7, 11) is 0. The minimum Gasteiger partial charge on any atom is -0.297 e. The van der Waals surface area contributed by atoms with Crippen molar-refractivity contribution >= 4 is 11.8 Å². The van der Waals surface area contributed by atoms with Crippen LogP contribution in [0.3, 0.4) is 0 Å². The van der Waals surface area contributed by atoms with E-state index >= 15 is 0 Å². The lowest BCUT2D eigenvalue weighted by Crippen LogP contribution is -2.44. The SMILES string of the molecule is CCCCSC(C)CC(C)(C#N)NC1CC1. The molecule has 16 heavy (non-hydrogen) atoms. The maximum atomic E-state index is 9.26. The summed E-state index contributed by atoms with van der Waals surface area (Å²) in [5.41, 5.74) is -0.320. The number of unbranched alkanes of at least 4 members (excludes halogenated alkanes) is 1. The molecule has 0 aliphatic heterocycles. The minimum absolute atomic E-state index is 0.320. The van der Waals surface area contributed by atoms with E-state index in [1.54, 1.807) is 0 Å². The molecule has 3 heteroatoms. The maximum Gasteiger partial charge on any atom is 0.105 e. The van der Waals surface area contributed by atoms with Gasteiger partial charge in [-0.05, 0) is 38.4 Å². The third-order valence-corrected chi connectivity index (χ3v) is 4.20. The van der Waals surface area contributed by atoms with Gasteiger partial charge in [-0.1, -0.05) is 20.3 Å². The lowest BCUT2D eigenvalue weighted by atomic mass is 9.98. The first kappa shape index (κ1) is 13.9. The second-order valence-electron chi connectivity index (χ2n) is 5.10. The monoisotopic (exact) mass is 240 g/mol. The second kappa shape index (κ2) is 6.51. The summed E-state index contributed by atoms with van der Waals surface area (Å²) < 4.78 is 0. The van der Waals surface area contributed by atoms with Crippen LogP contribution >= 0.6 is 11.8 Å². The van der Waals surface area contributed by atoms with E-state index in [4.69, 9.17) is 0 Å². The van der Waals surface area contributed by atoms with Crippen LogP contribution in [-0.4, -0.2) is 22.6 Å². The number of thioether (sulfide) groups is 1. The van der Waals surface area contributed by atoms with Crippen LogP contribution in [0.2, 0.25) is 0 Å². The summed E-state index contributed by atoms with van der Waals surface area (Å²) in [6, 6.07) is 3.06. The molecule has 1 saturated carbocycles. The Morgan fingerprint density at radius 3 is 2.75 bits per heavy atom. The number of hydrogen-bond donors (Lipinski definition) is 1. The third-order valence-electron chi connectivity index (χ3n) is 2.94. The van der Waals surface area contributed by atoms with Crippen molar-refractivity contribution < 1.29 is 0 Å². The normalized spacial score (nSPS) is 21.1. The highest BCUT2D eigenvalue weighted by molar-refractivity contribution is 7.99. The van der Waals surface area contributed by atoms with E-state index in [1.807, 2.05) is 18.7 Å². The van der Waals surface area contributed by atoms with Crippen LogP contribution in [0.1, 0.15) is 52.9 Å². The van der Waals surface area contributed by atoms with Crippen molar-refractivity contribution in [2.45, 2.75) is 69.7 Å². The van der Waals surface area contributed by atoms with Crippen LogP contribution in [0.4, 0.5) is 0 Å². The van der Waals surface area contributed by atoms with Crippen LogP contribution in [0.5, 0.6) is 0 Å². The first-order chi connectivity index (χ1) is 7.59. The molecule has 1 aliphatic carbocycles. The lowest BCUT2D eigenvalue weighted by Gasteiger charge is -2.26. The second-order valence-corrected chi connectivity index (χ2v) is 6.65. The quantitative estimate of drug-likeness (QED) is 0.661. The number of nitrogens with one attached hydrogen (secondary N) is 1. The molecule has 0 aromatic heterocycles. The van der Waals surface area contributed by atoms with Gasteiger partial charge in [-0.15, -0.1) is 0 Å². The van der Waals surface area contributed by atoms with E-state index < -0.39 is 0 Å². The Morgan fingerprint density at radius 1 is 1.56 bits per heavy atom. The Morgan fingerprint density at radius 2 is 2.25 bits per heavy atom. The van der Waals surface area contributed by atoms with Crippen molar-refractivity contribution in [1.82, 2.24) is 5.32 Å². The van der Waals surface area contributed by atoms with Gasteiger partial charge in [0, 0.05) is 11.3 Å². The molecule has 0 heterocycles. The summed E-state index contributed by atoms with van der Waals surface area (Å²) in [6.07, 6.45) is 5.99. The molecule has 2 atom stereocenters. The van der Waals surface area contributed by atoms with Gasteiger partial charge in [-0.25, -0.2) is 0 Å². The molecule has 1 fully saturated rings. The smallest absolute Gasteiger partial charge is 0.105 e. The average molecular weight is 240 g/mol. The fourth-order valence-corrected chi connectivity index (χ4v) is 3.19. The number of nitriles is 1. The Bertz CT molecular complexity index is 245. The van der Waals surface area contributed by atoms with Crippen LogP contribution in [0.25, 0.3) is 0 Å². The molecular weight excluding hydrogens is 216 g/mol. The predicted molar refractivity (Wildman–Crippen MR) is 71.6 cm³/mol. The summed E-state index contributed by atoms with van der Waals surface area (Å²) in [5, 5.41) is 13.3. The highest BCUT2D eigenvalue weighted by atomic mass is 32.2. The van der Waals surface area contributed by atoms with Gasteiger partial charge in [0.2, 0.25) is 0 Å². The molecule has 1 aliphatic rings. The number of hydrogen-bond acceptors (Lipinski definition) is 3. The summed E-state index contributed by atoms with van der Waals surface area (Å²) >= 11 is 2.00. The van der Waals surface area contributed by atoms with Gasteiger partial charge in [0.25, 0.3) is 0 Å². The molecule has 2 nitrogen and oxygen atoms in total. The Labute approximate surface area is 104 Å². The molecule has 1 N–H and O–H groups in total. The van der Waals surface area contributed by atoms with Crippen molar-refractivity contribution in [2.75, 3.05) is 5.75 Å². The Balaban J connectivity index is 2.27. The molecule has 92 valence electrons. The molecule has 1 rings (SSSR count). The highest BCUT2D eigenvalue weighted by Gasteiger charge is 2.33. The molecule has 0 aromatic carbocycles. The van der Waals surface area contributed by atoms with E-state index in [1.165, 1.54) is 31.4 Å². The zero-order chi connectivity index (χ0) is 12.0. The molecule has 0 saturated heterocycles. The van der Waals surface area contributed by atoms with Crippen molar-refractivity contribution in [3.8, 4) is 6.07 Å². The van der Waals surface area contributed by atoms with E-state index in [2.05, 4.69) is 25.2 Å². The van der Waals surface area contributed by atoms with E-state index in [-0.39, 0.29) is 5.54 Å². The van der Waals surface area contributed by atoms with E-state index in [0.717, 1.165) is 6.42 Å². The number of rotatable bonds is 8. The van der Waals surface area contributed by atoms with Gasteiger partial charge in [0.1, 0.15) is 5.54 Å².